The minimum atomic E-state index is 0. The molecule has 1 aliphatic rings. The number of nitrogens with zero attached hydrogens (tertiary/aromatic N) is 4. The normalized spacial score (nSPS) is 14.4. The summed E-state index contributed by atoms with van der Waals surface area (Å²) in [4.78, 5) is 0. The average molecular weight is 302 g/mol. The van der Waals surface area contributed by atoms with Gasteiger partial charge in [0.15, 0.2) is 5.16 Å². The van der Waals surface area contributed by atoms with E-state index in [0.29, 0.717) is 12.5 Å². The molecule has 0 saturated heterocycles. The molecule has 0 aromatic carbocycles. The zero-order chi connectivity index (χ0) is 12.5. The number of nitrogens with two attached hydrogens (primary N) is 1. The van der Waals surface area contributed by atoms with Crippen LogP contribution < -0.4 is 5.73 Å². The molecular formula is C11H16ClN5OS. The molecule has 1 fully saturated rings. The Morgan fingerprint density at radius 1 is 1.47 bits per heavy atom. The molecule has 0 spiro atoms. The SMILES string of the molecule is Cl.Cn1c(CN)nnc1SCc1cc(C2CC2)on1. The lowest BCUT2D eigenvalue weighted by Gasteiger charge is -1.99. The minimum absolute atomic E-state index is 0. The van der Waals surface area contributed by atoms with Gasteiger partial charge in [-0.25, -0.2) is 0 Å². The molecule has 2 heterocycles. The van der Waals surface area contributed by atoms with E-state index in [-0.39, 0.29) is 12.4 Å². The number of aromatic nitrogens is 4. The van der Waals surface area contributed by atoms with Crippen LogP contribution in [0.1, 0.15) is 36.0 Å². The number of hydrogen-bond donors (Lipinski definition) is 1. The van der Waals surface area contributed by atoms with Gasteiger partial charge < -0.3 is 14.8 Å². The summed E-state index contributed by atoms with van der Waals surface area (Å²) in [6.45, 7) is 0.403. The molecular weight excluding hydrogens is 286 g/mol. The van der Waals surface area contributed by atoms with E-state index in [1.807, 2.05) is 17.7 Å². The van der Waals surface area contributed by atoms with E-state index >= 15 is 0 Å². The second-order valence-electron chi connectivity index (χ2n) is 4.45. The van der Waals surface area contributed by atoms with Crippen molar-refractivity contribution in [3.8, 4) is 0 Å². The van der Waals surface area contributed by atoms with Crippen LogP contribution in [0.15, 0.2) is 15.7 Å². The van der Waals surface area contributed by atoms with Gasteiger partial charge in [0.25, 0.3) is 0 Å². The Kier molecular flexibility index (Phi) is 4.49. The van der Waals surface area contributed by atoms with Crippen LogP contribution in [0, 0.1) is 0 Å². The maximum atomic E-state index is 5.55. The summed E-state index contributed by atoms with van der Waals surface area (Å²) in [5, 5.41) is 13.0. The van der Waals surface area contributed by atoms with Crippen molar-refractivity contribution in [3.05, 3.63) is 23.3 Å². The van der Waals surface area contributed by atoms with E-state index < -0.39 is 0 Å². The lowest BCUT2D eigenvalue weighted by molar-refractivity contribution is 0.380. The molecule has 2 aromatic rings. The van der Waals surface area contributed by atoms with Crippen LogP contribution in [0.5, 0.6) is 0 Å². The number of thioether (sulfide) groups is 1. The topological polar surface area (TPSA) is 82.8 Å². The standard InChI is InChI=1S/C11H15N5OS.ClH/c1-16-10(5-12)13-14-11(16)18-6-8-4-9(17-15-8)7-2-3-7;/h4,7H,2-3,5-6,12H2,1H3;1H. The highest BCUT2D eigenvalue weighted by atomic mass is 35.5. The third-order valence-corrected chi connectivity index (χ3v) is 4.07. The molecule has 104 valence electrons. The van der Waals surface area contributed by atoms with Gasteiger partial charge >= 0.3 is 0 Å². The maximum absolute atomic E-state index is 5.55. The second kappa shape index (κ2) is 5.94. The molecule has 1 aliphatic carbocycles. The molecule has 0 bridgehead atoms. The molecule has 8 heteroatoms. The molecule has 0 amide bonds. The van der Waals surface area contributed by atoms with Gasteiger partial charge in [-0.1, -0.05) is 16.9 Å². The van der Waals surface area contributed by atoms with Crippen molar-refractivity contribution < 1.29 is 4.52 Å². The zero-order valence-electron chi connectivity index (χ0n) is 10.6. The highest BCUT2D eigenvalue weighted by Crippen LogP contribution is 2.40. The summed E-state index contributed by atoms with van der Waals surface area (Å²) in [5.41, 5.74) is 6.51. The zero-order valence-corrected chi connectivity index (χ0v) is 12.2. The molecule has 0 atom stereocenters. The van der Waals surface area contributed by atoms with E-state index in [1.165, 1.54) is 12.8 Å². The summed E-state index contributed by atoms with van der Waals surface area (Å²) in [5.74, 6) is 3.16. The van der Waals surface area contributed by atoms with Gasteiger partial charge in [0.05, 0.1) is 12.2 Å². The first-order chi connectivity index (χ1) is 8.78. The summed E-state index contributed by atoms with van der Waals surface area (Å²) in [6, 6.07) is 2.05. The Morgan fingerprint density at radius 3 is 2.89 bits per heavy atom. The Morgan fingerprint density at radius 2 is 2.26 bits per heavy atom. The van der Waals surface area contributed by atoms with Gasteiger partial charge in [-0.3, -0.25) is 0 Å². The summed E-state index contributed by atoms with van der Waals surface area (Å²) in [6.07, 6.45) is 2.45. The average Bonchev–Trinajstić information content (AvgIpc) is 3.02. The smallest absolute Gasteiger partial charge is 0.191 e. The molecule has 3 rings (SSSR count). The molecule has 2 aromatic heterocycles. The summed E-state index contributed by atoms with van der Waals surface area (Å²) < 4.78 is 7.22. The van der Waals surface area contributed by atoms with Gasteiger partial charge in [0, 0.05) is 24.8 Å². The molecule has 1 saturated carbocycles. The summed E-state index contributed by atoms with van der Waals surface area (Å²) in [7, 11) is 1.92. The first kappa shape index (κ1) is 14.4. The van der Waals surface area contributed by atoms with Crippen LogP contribution in [0.25, 0.3) is 0 Å². The fourth-order valence-corrected chi connectivity index (χ4v) is 2.55. The third-order valence-electron chi connectivity index (χ3n) is 3.01. The fourth-order valence-electron chi connectivity index (χ4n) is 1.74. The van der Waals surface area contributed by atoms with Gasteiger partial charge in [-0.15, -0.1) is 22.6 Å². The van der Waals surface area contributed by atoms with Crippen molar-refractivity contribution in [1.82, 2.24) is 19.9 Å². The van der Waals surface area contributed by atoms with Crippen LogP contribution in [-0.2, 0) is 19.3 Å². The van der Waals surface area contributed by atoms with Crippen molar-refractivity contribution in [1.29, 1.82) is 0 Å². The quantitative estimate of drug-likeness (QED) is 0.849. The van der Waals surface area contributed by atoms with Crippen molar-refractivity contribution in [2.45, 2.75) is 36.2 Å². The Labute approximate surface area is 121 Å². The third kappa shape index (κ3) is 3.10. The van der Waals surface area contributed by atoms with Gasteiger partial charge in [-0.2, -0.15) is 0 Å². The summed E-state index contributed by atoms with van der Waals surface area (Å²) >= 11 is 1.59. The number of hydrogen-bond acceptors (Lipinski definition) is 6. The van der Waals surface area contributed by atoms with Crippen molar-refractivity contribution >= 4 is 24.2 Å². The van der Waals surface area contributed by atoms with E-state index in [9.17, 15) is 0 Å². The molecule has 6 nitrogen and oxygen atoms in total. The van der Waals surface area contributed by atoms with Crippen LogP contribution in [0.4, 0.5) is 0 Å². The highest BCUT2D eigenvalue weighted by molar-refractivity contribution is 7.98. The van der Waals surface area contributed by atoms with Crippen LogP contribution in [0.3, 0.4) is 0 Å². The number of rotatable bonds is 5. The largest absolute Gasteiger partial charge is 0.361 e. The van der Waals surface area contributed by atoms with Gasteiger partial charge in [0.2, 0.25) is 0 Å². The van der Waals surface area contributed by atoms with Gasteiger partial charge in [0.1, 0.15) is 11.6 Å². The van der Waals surface area contributed by atoms with Crippen LogP contribution in [0.2, 0.25) is 0 Å². The van der Waals surface area contributed by atoms with E-state index in [4.69, 9.17) is 10.3 Å². The van der Waals surface area contributed by atoms with E-state index in [0.717, 1.165) is 28.2 Å². The lowest BCUT2D eigenvalue weighted by atomic mass is 10.3. The van der Waals surface area contributed by atoms with Crippen LogP contribution >= 0.6 is 24.2 Å². The monoisotopic (exact) mass is 301 g/mol. The molecule has 0 radical (unpaired) electrons. The van der Waals surface area contributed by atoms with E-state index in [1.54, 1.807) is 11.8 Å². The second-order valence-corrected chi connectivity index (χ2v) is 5.39. The predicted molar refractivity (Wildman–Crippen MR) is 74.2 cm³/mol. The first-order valence-electron chi connectivity index (χ1n) is 5.94. The van der Waals surface area contributed by atoms with Crippen molar-refractivity contribution in [2.75, 3.05) is 0 Å². The molecule has 0 aliphatic heterocycles. The first-order valence-corrected chi connectivity index (χ1v) is 6.93. The Bertz CT molecular complexity index is 551. The van der Waals surface area contributed by atoms with Crippen LogP contribution in [-0.4, -0.2) is 19.9 Å². The van der Waals surface area contributed by atoms with Crippen molar-refractivity contribution in [3.63, 3.8) is 0 Å². The Balaban J connectivity index is 0.00000133. The van der Waals surface area contributed by atoms with Gasteiger partial charge in [-0.05, 0) is 12.8 Å². The minimum Gasteiger partial charge on any atom is -0.361 e. The Hall–Kier alpha value is -1.05. The fraction of sp³-hybridized carbons (Fsp3) is 0.545. The molecule has 19 heavy (non-hydrogen) atoms. The van der Waals surface area contributed by atoms with E-state index in [2.05, 4.69) is 15.4 Å². The maximum Gasteiger partial charge on any atom is 0.191 e. The highest BCUT2D eigenvalue weighted by Gasteiger charge is 2.27. The molecule has 0 unspecified atom stereocenters. The predicted octanol–water partition coefficient (Wildman–Crippen LogP) is 1.85. The van der Waals surface area contributed by atoms with Crippen molar-refractivity contribution in [2.24, 2.45) is 12.8 Å². The number of halogens is 1. The lowest BCUT2D eigenvalue weighted by Crippen LogP contribution is -2.05. The molecule has 2 N–H and O–H groups in total.